The Balaban J connectivity index is 2.17. The highest BCUT2D eigenvalue weighted by molar-refractivity contribution is 7.13. The van der Waals surface area contributed by atoms with Crippen molar-refractivity contribution in [2.75, 3.05) is 17.2 Å². The van der Waals surface area contributed by atoms with Gasteiger partial charge in [0, 0.05) is 30.4 Å². The number of aromatic nitrogens is 1. The summed E-state index contributed by atoms with van der Waals surface area (Å²) in [5, 5.41) is 3.04. The van der Waals surface area contributed by atoms with Crippen molar-refractivity contribution in [3.8, 4) is 0 Å². The second kappa shape index (κ2) is 4.99. The van der Waals surface area contributed by atoms with E-state index in [-0.39, 0.29) is 0 Å². The molecule has 0 radical (unpaired) electrons. The molecule has 0 saturated heterocycles. The molecule has 0 amide bonds. The van der Waals surface area contributed by atoms with Crippen molar-refractivity contribution in [1.82, 2.24) is 4.98 Å². The van der Waals surface area contributed by atoms with Crippen molar-refractivity contribution in [1.29, 1.82) is 0 Å². The minimum atomic E-state index is 0.816. The number of rotatable bonds is 4. The summed E-state index contributed by atoms with van der Waals surface area (Å²) >= 11 is 1.65. The standard InChI is InChI=1S/C12H15N3S/c1-2-15(12-14-7-8-16-12)9-10-5-3-4-6-11(10)13/h3-8H,2,9,13H2,1H3. The van der Waals surface area contributed by atoms with Crippen LogP contribution in [0.3, 0.4) is 0 Å². The van der Waals surface area contributed by atoms with E-state index >= 15 is 0 Å². The minimum Gasteiger partial charge on any atom is -0.398 e. The predicted molar refractivity (Wildman–Crippen MR) is 69.7 cm³/mol. The fourth-order valence-corrected chi connectivity index (χ4v) is 2.28. The molecule has 2 aromatic rings. The molecule has 1 aromatic heterocycles. The lowest BCUT2D eigenvalue weighted by atomic mass is 10.2. The Morgan fingerprint density at radius 3 is 2.81 bits per heavy atom. The fourth-order valence-electron chi connectivity index (χ4n) is 1.57. The van der Waals surface area contributed by atoms with Gasteiger partial charge in [0.2, 0.25) is 0 Å². The van der Waals surface area contributed by atoms with E-state index < -0.39 is 0 Å². The van der Waals surface area contributed by atoms with E-state index in [1.54, 1.807) is 11.3 Å². The largest absolute Gasteiger partial charge is 0.398 e. The maximum absolute atomic E-state index is 5.93. The Labute approximate surface area is 99.5 Å². The molecule has 0 aliphatic rings. The molecule has 0 spiro atoms. The second-order valence-corrected chi connectivity index (χ2v) is 4.40. The summed E-state index contributed by atoms with van der Waals surface area (Å²) in [6.45, 7) is 3.87. The summed E-state index contributed by atoms with van der Waals surface area (Å²) in [5.41, 5.74) is 7.93. The van der Waals surface area contributed by atoms with Crippen LogP contribution in [0.25, 0.3) is 0 Å². The molecule has 4 heteroatoms. The smallest absolute Gasteiger partial charge is 0.185 e. The number of nitrogen functional groups attached to an aromatic ring is 1. The number of nitrogens with zero attached hydrogens (tertiary/aromatic N) is 2. The third-order valence-electron chi connectivity index (χ3n) is 2.49. The Bertz CT molecular complexity index is 439. The maximum atomic E-state index is 5.93. The predicted octanol–water partition coefficient (Wildman–Crippen LogP) is 2.75. The molecule has 2 N–H and O–H groups in total. The number of hydrogen-bond acceptors (Lipinski definition) is 4. The van der Waals surface area contributed by atoms with Crippen LogP contribution in [0.15, 0.2) is 35.8 Å². The highest BCUT2D eigenvalue weighted by Gasteiger charge is 2.08. The van der Waals surface area contributed by atoms with Crippen LogP contribution in [-0.4, -0.2) is 11.5 Å². The van der Waals surface area contributed by atoms with Gasteiger partial charge in [-0.15, -0.1) is 11.3 Å². The number of hydrogen-bond donors (Lipinski definition) is 1. The van der Waals surface area contributed by atoms with Crippen molar-refractivity contribution in [2.45, 2.75) is 13.5 Å². The first-order valence-electron chi connectivity index (χ1n) is 5.29. The lowest BCUT2D eigenvalue weighted by Crippen LogP contribution is -2.22. The van der Waals surface area contributed by atoms with E-state index in [1.807, 2.05) is 29.8 Å². The Morgan fingerprint density at radius 1 is 1.38 bits per heavy atom. The average molecular weight is 233 g/mol. The van der Waals surface area contributed by atoms with Gasteiger partial charge in [-0.1, -0.05) is 18.2 Å². The highest BCUT2D eigenvalue weighted by atomic mass is 32.1. The molecule has 0 bridgehead atoms. The lowest BCUT2D eigenvalue weighted by molar-refractivity contribution is 0.828. The van der Waals surface area contributed by atoms with Crippen molar-refractivity contribution in [3.63, 3.8) is 0 Å². The molecule has 0 fully saturated rings. The van der Waals surface area contributed by atoms with Gasteiger partial charge in [-0.2, -0.15) is 0 Å². The van der Waals surface area contributed by atoms with Crippen LogP contribution < -0.4 is 10.6 Å². The van der Waals surface area contributed by atoms with Gasteiger partial charge in [0.05, 0.1) is 0 Å². The Kier molecular flexibility index (Phi) is 3.41. The first-order chi connectivity index (χ1) is 7.81. The molecule has 0 atom stereocenters. The van der Waals surface area contributed by atoms with E-state index in [2.05, 4.69) is 22.9 Å². The summed E-state index contributed by atoms with van der Waals surface area (Å²) in [7, 11) is 0. The number of para-hydroxylation sites is 1. The third kappa shape index (κ3) is 2.33. The van der Waals surface area contributed by atoms with Crippen molar-refractivity contribution >= 4 is 22.2 Å². The number of nitrogens with two attached hydrogens (primary N) is 1. The fraction of sp³-hybridized carbons (Fsp3) is 0.250. The SMILES string of the molecule is CCN(Cc1ccccc1N)c1nccs1. The van der Waals surface area contributed by atoms with Crippen molar-refractivity contribution in [2.24, 2.45) is 0 Å². The molecule has 0 saturated carbocycles. The molecular formula is C12H15N3S. The molecule has 0 aliphatic carbocycles. The lowest BCUT2D eigenvalue weighted by Gasteiger charge is -2.20. The molecule has 16 heavy (non-hydrogen) atoms. The summed E-state index contributed by atoms with van der Waals surface area (Å²) in [5.74, 6) is 0. The van der Waals surface area contributed by atoms with Crippen LogP contribution in [0.5, 0.6) is 0 Å². The van der Waals surface area contributed by atoms with Gasteiger partial charge < -0.3 is 10.6 Å². The molecular weight excluding hydrogens is 218 g/mol. The zero-order valence-electron chi connectivity index (χ0n) is 9.26. The molecule has 2 rings (SSSR count). The zero-order valence-corrected chi connectivity index (χ0v) is 10.1. The van der Waals surface area contributed by atoms with Gasteiger partial charge in [-0.05, 0) is 18.6 Å². The van der Waals surface area contributed by atoms with E-state index in [4.69, 9.17) is 5.73 Å². The van der Waals surface area contributed by atoms with E-state index in [9.17, 15) is 0 Å². The summed E-state index contributed by atoms with van der Waals surface area (Å²) in [6, 6.07) is 7.97. The van der Waals surface area contributed by atoms with Gasteiger partial charge >= 0.3 is 0 Å². The van der Waals surface area contributed by atoms with Gasteiger partial charge in [0.25, 0.3) is 0 Å². The summed E-state index contributed by atoms with van der Waals surface area (Å²) in [6.07, 6.45) is 1.83. The molecule has 0 unspecified atom stereocenters. The normalized spacial score (nSPS) is 10.3. The number of anilines is 2. The minimum absolute atomic E-state index is 0.816. The van der Waals surface area contributed by atoms with Crippen LogP contribution >= 0.6 is 11.3 Å². The van der Waals surface area contributed by atoms with Gasteiger partial charge in [0.1, 0.15) is 0 Å². The monoisotopic (exact) mass is 233 g/mol. The number of benzene rings is 1. The molecule has 84 valence electrons. The number of thiazole rings is 1. The Hall–Kier alpha value is -1.55. The van der Waals surface area contributed by atoms with Crippen molar-refractivity contribution < 1.29 is 0 Å². The first kappa shape index (κ1) is 11.0. The van der Waals surface area contributed by atoms with Gasteiger partial charge in [-0.3, -0.25) is 0 Å². The average Bonchev–Trinajstić information content (AvgIpc) is 2.81. The van der Waals surface area contributed by atoms with Crippen LogP contribution in [-0.2, 0) is 6.54 Å². The van der Waals surface area contributed by atoms with Crippen molar-refractivity contribution in [3.05, 3.63) is 41.4 Å². The molecule has 3 nitrogen and oxygen atoms in total. The molecule has 1 heterocycles. The first-order valence-corrected chi connectivity index (χ1v) is 6.17. The van der Waals surface area contributed by atoms with Crippen LogP contribution in [0.2, 0.25) is 0 Å². The van der Waals surface area contributed by atoms with Gasteiger partial charge in [0.15, 0.2) is 5.13 Å². The van der Waals surface area contributed by atoms with Gasteiger partial charge in [-0.25, -0.2) is 4.98 Å². The Morgan fingerprint density at radius 2 is 2.19 bits per heavy atom. The third-order valence-corrected chi connectivity index (χ3v) is 3.32. The summed E-state index contributed by atoms with van der Waals surface area (Å²) < 4.78 is 0. The highest BCUT2D eigenvalue weighted by Crippen LogP contribution is 2.21. The van der Waals surface area contributed by atoms with Crippen LogP contribution in [0.1, 0.15) is 12.5 Å². The molecule has 1 aromatic carbocycles. The quantitative estimate of drug-likeness (QED) is 0.826. The maximum Gasteiger partial charge on any atom is 0.185 e. The van der Waals surface area contributed by atoms with E-state index in [0.717, 1.165) is 29.5 Å². The van der Waals surface area contributed by atoms with Crippen LogP contribution in [0.4, 0.5) is 10.8 Å². The second-order valence-electron chi connectivity index (χ2n) is 3.53. The summed E-state index contributed by atoms with van der Waals surface area (Å²) in [4.78, 5) is 6.54. The van der Waals surface area contributed by atoms with Crippen LogP contribution in [0, 0.1) is 0 Å². The zero-order chi connectivity index (χ0) is 11.4. The van der Waals surface area contributed by atoms with E-state index in [0.29, 0.717) is 0 Å². The van der Waals surface area contributed by atoms with E-state index in [1.165, 1.54) is 0 Å². The molecule has 0 aliphatic heterocycles. The topological polar surface area (TPSA) is 42.1 Å².